The van der Waals surface area contributed by atoms with Crippen molar-refractivity contribution < 1.29 is 9.63 Å². The molecule has 1 N–H and O–H groups in total. The molecule has 0 aliphatic carbocycles. The van der Waals surface area contributed by atoms with Crippen LogP contribution < -0.4 is 5.48 Å². The first-order chi connectivity index (χ1) is 6.15. The minimum Gasteiger partial charge on any atom is -0.277 e. The predicted octanol–water partition coefficient (Wildman–Crippen LogP) is 1.07. The van der Waals surface area contributed by atoms with E-state index in [0.717, 1.165) is 0 Å². The fraction of sp³-hybridized carbons (Fsp3) is 0.167. The lowest BCUT2D eigenvalue weighted by Gasteiger charge is -2.01. The van der Waals surface area contributed by atoms with Crippen LogP contribution in [0, 0.1) is 0 Å². The van der Waals surface area contributed by atoms with E-state index in [4.69, 9.17) is 23.2 Å². The number of amides is 1. The molecule has 0 fully saturated rings. The Morgan fingerprint density at radius 3 is 2.77 bits per heavy atom. The molecule has 5 nitrogen and oxygen atoms in total. The van der Waals surface area contributed by atoms with E-state index in [2.05, 4.69) is 20.5 Å². The van der Waals surface area contributed by atoms with Gasteiger partial charge in [-0.25, -0.2) is 5.48 Å². The molecule has 0 saturated carbocycles. The van der Waals surface area contributed by atoms with Crippen LogP contribution >= 0.6 is 23.2 Å². The summed E-state index contributed by atoms with van der Waals surface area (Å²) in [5, 5.41) is 7.19. The topological polar surface area (TPSA) is 64.1 Å². The molecule has 0 aliphatic rings. The number of nitrogens with zero attached hydrogens (tertiary/aromatic N) is 2. The number of hydrogen-bond donors (Lipinski definition) is 1. The van der Waals surface area contributed by atoms with Gasteiger partial charge >= 0.3 is 0 Å². The molecule has 1 heterocycles. The van der Waals surface area contributed by atoms with Crippen molar-refractivity contribution in [1.29, 1.82) is 0 Å². The average Bonchev–Trinajstić information content (AvgIpc) is 2.04. The van der Waals surface area contributed by atoms with Gasteiger partial charge in [0, 0.05) is 0 Å². The minimum atomic E-state index is -0.573. The molecule has 13 heavy (non-hydrogen) atoms. The van der Waals surface area contributed by atoms with Gasteiger partial charge < -0.3 is 0 Å². The second kappa shape index (κ2) is 4.36. The van der Waals surface area contributed by atoms with Crippen molar-refractivity contribution >= 4 is 29.1 Å². The largest absolute Gasteiger partial charge is 0.296 e. The average molecular weight is 222 g/mol. The van der Waals surface area contributed by atoms with Crippen LogP contribution in [0.1, 0.15) is 10.5 Å². The number of nitrogens with one attached hydrogen (secondary N) is 1. The third-order valence-corrected chi connectivity index (χ3v) is 1.60. The lowest BCUT2D eigenvalue weighted by Crippen LogP contribution is -2.23. The molecule has 0 saturated heterocycles. The standard InChI is InChI=1S/C6H5Cl2N3O2/c1-13-11-6(12)5-3(7)2-4(8)9-10-5/h2H,1H3,(H,11,12). The lowest BCUT2D eigenvalue weighted by molar-refractivity contribution is 0.0531. The lowest BCUT2D eigenvalue weighted by atomic mass is 10.4. The SMILES string of the molecule is CONC(=O)c1nnc(Cl)cc1Cl. The molecular formula is C6H5Cl2N3O2. The maximum Gasteiger partial charge on any atom is 0.296 e. The van der Waals surface area contributed by atoms with E-state index in [9.17, 15) is 4.79 Å². The first-order valence-corrected chi connectivity index (χ1v) is 3.92. The molecule has 0 atom stereocenters. The second-order valence-electron chi connectivity index (χ2n) is 2.00. The van der Waals surface area contributed by atoms with E-state index in [0.29, 0.717) is 0 Å². The summed E-state index contributed by atoms with van der Waals surface area (Å²) in [7, 11) is 1.30. The van der Waals surface area contributed by atoms with E-state index >= 15 is 0 Å². The highest BCUT2D eigenvalue weighted by Crippen LogP contribution is 2.15. The van der Waals surface area contributed by atoms with Gasteiger partial charge in [0.25, 0.3) is 5.91 Å². The maximum atomic E-state index is 11.1. The van der Waals surface area contributed by atoms with Gasteiger partial charge in [-0.2, -0.15) is 0 Å². The fourth-order valence-electron chi connectivity index (χ4n) is 0.642. The van der Waals surface area contributed by atoms with E-state index in [1.54, 1.807) is 0 Å². The van der Waals surface area contributed by atoms with Gasteiger partial charge in [0.05, 0.1) is 12.1 Å². The van der Waals surface area contributed by atoms with Gasteiger partial charge in [0.2, 0.25) is 0 Å². The predicted molar refractivity (Wildman–Crippen MR) is 46.5 cm³/mol. The number of hydroxylamine groups is 1. The molecule has 0 aliphatic heterocycles. The highest BCUT2D eigenvalue weighted by Gasteiger charge is 2.12. The number of rotatable bonds is 2. The van der Waals surface area contributed by atoms with Gasteiger partial charge in [-0.05, 0) is 6.07 Å². The normalized spacial score (nSPS) is 9.77. The molecule has 1 amide bonds. The van der Waals surface area contributed by atoms with Crippen LogP contribution in [0.3, 0.4) is 0 Å². The second-order valence-corrected chi connectivity index (χ2v) is 2.79. The van der Waals surface area contributed by atoms with Crippen LogP contribution in [0.25, 0.3) is 0 Å². The quantitative estimate of drug-likeness (QED) is 0.760. The zero-order chi connectivity index (χ0) is 9.84. The molecule has 1 rings (SSSR count). The van der Waals surface area contributed by atoms with Crippen molar-refractivity contribution in [2.24, 2.45) is 0 Å². The summed E-state index contributed by atoms with van der Waals surface area (Å²) in [5.41, 5.74) is 2.02. The van der Waals surface area contributed by atoms with Crippen LogP contribution in [-0.4, -0.2) is 23.2 Å². The number of carbonyl (C=O) groups is 1. The summed E-state index contributed by atoms with van der Waals surface area (Å²) < 4.78 is 0. The van der Waals surface area contributed by atoms with Gasteiger partial charge in [0.15, 0.2) is 10.8 Å². The van der Waals surface area contributed by atoms with Crippen LogP contribution in [0.5, 0.6) is 0 Å². The molecule has 1 aromatic rings. The summed E-state index contributed by atoms with van der Waals surface area (Å²) in [5.74, 6) is -0.573. The van der Waals surface area contributed by atoms with Crippen molar-refractivity contribution in [3.05, 3.63) is 21.9 Å². The zero-order valence-electron chi connectivity index (χ0n) is 6.54. The molecule has 0 bridgehead atoms. The molecular weight excluding hydrogens is 217 g/mol. The van der Waals surface area contributed by atoms with Gasteiger partial charge in [-0.15, -0.1) is 10.2 Å². The van der Waals surface area contributed by atoms with Crippen LogP contribution in [-0.2, 0) is 4.84 Å². The number of hydrogen-bond acceptors (Lipinski definition) is 4. The Hall–Kier alpha value is -0.910. The fourth-order valence-corrected chi connectivity index (χ4v) is 1.07. The van der Waals surface area contributed by atoms with Gasteiger partial charge in [0.1, 0.15) is 0 Å². The molecule has 0 radical (unpaired) electrons. The first-order valence-electron chi connectivity index (χ1n) is 3.17. The minimum absolute atomic E-state index is 0.0343. The molecule has 7 heteroatoms. The van der Waals surface area contributed by atoms with E-state index in [-0.39, 0.29) is 15.9 Å². The summed E-state index contributed by atoms with van der Waals surface area (Å²) in [6, 6.07) is 1.32. The van der Waals surface area contributed by atoms with E-state index < -0.39 is 5.91 Å². The Labute approximate surface area is 84.0 Å². The van der Waals surface area contributed by atoms with Gasteiger partial charge in [-0.3, -0.25) is 9.63 Å². The zero-order valence-corrected chi connectivity index (χ0v) is 8.06. The van der Waals surface area contributed by atoms with Crippen molar-refractivity contribution in [2.75, 3.05) is 7.11 Å². The number of aromatic nitrogens is 2. The third kappa shape index (κ3) is 2.51. The number of halogens is 2. The Morgan fingerprint density at radius 1 is 1.54 bits per heavy atom. The highest BCUT2D eigenvalue weighted by molar-refractivity contribution is 6.35. The summed E-state index contributed by atoms with van der Waals surface area (Å²) in [6.45, 7) is 0. The molecule has 0 aromatic carbocycles. The van der Waals surface area contributed by atoms with Crippen LogP contribution in [0.2, 0.25) is 10.2 Å². The van der Waals surface area contributed by atoms with Crippen LogP contribution in [0.4, 0.5) is 0 Å². The summed E-state index contributed by atoms with van der Waals surface area (Å²) in [6.07, 6.45) is 0. The number of carbonyl (C=O) groups excluding carboxylic acids is 1. The Morgan fingerprint density at radius 2 is 2.23 bits per heavy atom. The third-order valence-electron chi connectivity index (χ3n) is 1.13. The molecule has 0 unspecified atom stereocenters. The monoisotopic (exact) mass is 221 g/mol. The molecule has 0 spiro atoms. The van der Waals surface area contributed by atoms with Crippen molar-refractivity contribution in [3.63, 3.8) is 0 Å². The Kier molecular flexibility index (Phi) is 3.41. The summed E-state index contributed by atoms with van der Waals surface area (Å²) >= 11 is 11.1. The van der Waals surface area contributed by atoms with Crippen molar-refractivity contribution in [1.82, 2.24) is 15.7 Å². The summed E-state index contributed by atoms with van der Waals surface area (Å²) in [4.78, 5) is 15.5. The Balaban J connectivity index is 2.95. The molecule has 1 aromatic heterocycles. The smallest absolute Gasteiger partial charge is 0.277 e. The van der Waals surface area contributed by atoms with Gasteiger partial charge in [-0.1, -0.05) is 23.2 Å². The van der Waals surface area contributed by atoms with E-state index in [1.807, 2.05) is 0 Å². The maximum absolute atomic E-state index is 11.1. The van der Waals surface area contributed by atoms with E-state index in [1.165, 1.54) is 13.2 Å². The van der Waals surface area contributed by atoms with Crippen molar-refractivity contribution in [3.8, 4) is 0 Å². The highest BCUT2D eigenvalue weighted by atomic mass is 35.5. The molecule has 70 valence electrons. The Bertz CT molecular complexity index is 332. The van der Waals surface area contributed by atoms with Crippen molar-refractivity contribution in [2.45, 2.75) is 0 Å². The van der Waals surface area contributed by atoms with Crippen LogP contribution in [0.15, 0.2) is 6.07 Å². The first kappa shape index (κ1) is 10.2.